The average Bonchev–Trinajstić information content (AvgIpc) is 2.93. The number of pyridine rings is 1. The molecule has 2 aromatic rings. The average molecular weight is 266 g/mol. The molecule has 1 aliphatic carbocycles. The molecule has 1 aromatic heterocycles. The van der Waals surface area contributed by atoms with E-state index in [9.17, 15) is 0 Å². The van der Waals surface area contributed by atoms with Gasteiger partial charge in [-0.05, 0) is 37.0 Å². The summed E-state index contributed by atoms with van der Waals surface area (Å²) in [5.41, 5.74) is 5.46. The lowest BCUT2D eigenvalue weighted by molar-refractivity contribution is -0.660. The molecule has 0 amide bonds. The molecule has 1 fully saturated rings. The third-order valence-electron chi connectivity index (χ3n) is 4.61. The van der Waals surface area contributed by atoms with Crippen molar-refractivity contribution in [3.05, 3.63) is 53.7 Å². The van der Waals surface area contributed by atoms with Crippen LogP contribution in [0.25, 0.3) is 11.3 Å². The van der Waals surface area contributed by atoms with Crippen LogP contribution < -0.4 is 4.57 Å². The summed E-state index contributed by atoms with van der Waals surface area (Å²) in [7, 11) is 2.17. The van der Waals surface area contributed by atoms with E-state index < -0.39 is 0 Å². The molecule has 0 N–H and O–H groups in total. The molecule has 0 bridgehead atoms. The Hall–Kier alpha value is -1.63. The fourth-order valence-corrected chi connectivity index (χ4v) is 3.47. The van der Waals surface area contributed by atoms with Crippen LogP contribution in [-0.2, 0) is 13.5 Å². The summed E-state index contributed by atoms with van der Waals surface area (Å²) in [6, 6.07) is 13.2. The predicted octanol–water partition coefficient (Wildman–Crippen LogP) is 4.22. The number of aryl methyl sites for hydroxylation is 2. The van der Waals surface area contributed by atoms with Gasteiger partial charge in [-0.2, -0.15) is 0 Å². The Morgan fingerprint density at radius 1 is 1.05 bits per heavy atom. The van der Waals surface area contributed by atoms with Crippen LogP contribution in [0.1, 0.15) is 36.8 Å². The van der Waals surface area contributed by atoms with Crippen molar-refractivity contribution >= 4 is 0 Å². The van der Waals surface area contributed by atoms with Gasteiger partial charge in [-0.1, -0.05) is 43.9 Å². The first kappa shape index (κ1) is 13.4. The topological polar surface area (TPSA) is 3.88 Å². The zero-order chi connectivity index (χ0) is 13.9. The molecule has 0 radical (unpaired) electrons. The minimum atomic E-state index is 0.916. The van der Waals surface area contributed by atoms with E-state index in [0.29, 0.717) is 0 Å². The summed E-state index contributed by atoms with van der Waals surface area (Å²) < 4.78 is 2.28. The molecule has 0 unspecified atom stereocenters. The van der Waals surface area contributed by atoms with Crippen molar-refractivity contribution < 1.29 is 4.57 Å². The summed E-state index contributed by atoms with van der Waals surface area (Å²) in [4.78, 5) is 0. The van der Waals surface area contributed by atoms with E-state index in [1.807, 2.05) is 0 Å². The van der Waals surface area contributed by atoms with Gasteiger partial charge in [0.1, 0.15) is 7.05 Å². The number of nitrogens with zero attached hydrogens (tertiary/aromatic N) is 1. The van der Waals surface area contributed by atoms with Crippen molar-refractivity contribution in [2.75, 3.05) is 0 Å². The van der Waals surface area contributed by atoms with E-state index in [1.165, 1.54) is 54.5 Å². The minimum Gasteiger partial charge on any atom is -0.201 e. The molecule has 0 atom stereocenters. The molecular weight excluding hydrogens is 242 g/mol. The van der Waals surface area contributed by atoms with Gasteiger partial charge in [0, 0.05) is 17.2 Å². The second kappa shape index (κ2) is 5.78. The molecule has 3 rings (SSSR count). The third-order valence-corrected chi connectivity index (χ3v) is 4.61. The normalized spacial score (nSPS) is 15.7. The van der Waals surface area contributed by atoms with E-state index in [0.717, 1.165) is 5.92 Å². The molecule has 0 aliphatic heterocycles. The minimum absolute atomic E-state index is 0.916. The Kier molecular flexibility index (Phi) is 3.86. The van der Waals surface area contributed by atoms with Crippen molar-refractivity contribution in [3.8, 4) is 11.3 Å². The van der Waals surface area contributed by atoms with E-state index in [2.05, 4.69) is 61.1 Å². The van der Waals surface area contributed by atoms with Gasteiger partial charge < -0.3 is 0 Å². The summed E-state index contributed by atoms with van der Waals surface area (Å²) in [5, 5.41) is 0. The van der Waals surface area contributed by atoms with Gasteiger partial charge in [0.2, 0.25) is 5.69 Å². The lowest BCUT2D eigenvalue weighted by Gasteiger charge is -2.09. The first-order chi connectivity index (χ1) is 9.74. The summed E-state index contributed by atoms with van der Waals surface area (Å²) in [6.07, 6.45) is 9.27. The van der Waals surface area contributed by atoms with Crippen LogP contribution in [0.5, 0.6) is 0 Å². The lowest BCUT2D eigenvalue weighted by Crippen LogP contribution is -2.31. The van der Waals surface area contributed by atoms with Crippen molar-refractivity contribution in [1.29, 1.82) is 0 Å². The maximum absolute atomic E-state index is 2.32. The van der Waals surface area contributed by atoms with E-state index in [1.54, 1.807) is 0 Å². The second-order valence-electron chi connectivity index (χ2n) is 6.20. The zero-order valence-electron chi connectivity index (χ0n) is 12.6. The molecule has 0 spiro atoms. The number of aromatic nitrogens is 1. The Morgan fingerprint density at radius 2 is 1.80 bits per heavy atom. The van der Waals surface area contributed by atoms with Crippen LogP contribution in [0.2, 0.25) is 0 Å². The highest BCUT2D eigenvalue weighted by Gasteiger charge is 2.18. The van der Waals surface area contributed by atoms with E-state index >= 15 is 0 Å². The monoisotopic (exact) mass is 266 g/mol. The quantitative estimate of drug-likeness (QED) is 0.732. The van der Waals surface area contributed by atoms with Gasteiger partial charge in [-0.25, -0.2) is 4.57 Å². The van der Waals surface area contributed by atoms with E-state index in [-0.39, 0.29) is 0 Å². The SMILES string of the molecule is Cc1ccccc1-c1ccc(CC2CCCC2)c[n+]1C. The van der Waals surface area contributed by atoms with Gasteiger partial charge in [-0.15, -0.1) is 0 Å². The Bertz CT molecular complexity index is 594. The number of hydrogen-bond acceptors (Lipinski definition) is 0. The lowest BCUT2D eigenvalue weighted by atomic mass is 9.98. The van der Waals surface area contributed by atoms with Crippen molar-refractivity contribution in [1.82, 2.24) is 0 Å². The number of hydrogen-bond donors (Lipinski definition) is 0. The van der Waals surface area contributed by atoms with E-state index in [4.69, 9.17) is 0 Å². The molecule has 1 heteroatoms. The smallest absolute Gasteiger partial charge is 0.201 e. The molecule has 20 heavy (non-hydrogen) atoms. The highest BCUT2D eigenvalue weighted by atomic mass is 14.9. The van der Waals surface area contributed by atoms with Crippen molar-refractivity contribution in [2.24, 2.45) is 13.0 Å². The third kappa shape index (κ3) is 2.77. The van der Waals surface area contributed by atoms with Gasteiger partial charge in [0.15, 0.2) is 6.20 Å². The molecule has 1 nitrogen and oxygen atoms in total. The van der Waals surface area contributed by atoms with Gasteiger partial charge >= 0.3 is 0 Å². The summed E-state index contributed by atoms with van der Waals surface area (Å²) >= 11 is 0. The first-order valence-corrected chi connectivity index (χ1v) is 7.78. The van der Waals surface area contributed by atoms with Crippen LogP contribution in [0, 0.1) is 12.8 Å². The maximum atomic E-state index is 2.32. The fraction of sp³-hybridized carbons (Fsp3) is 0.421. The standard InChI is InChI=1S/C19H24N/c1-15-7-3-6-10-18(15)19-12-11-17(14-20(19)2)13-16-8-4-5-9-16/h3,6-7,10-12,14,16H,4-5,8-9,13H2,1-2H3/q+1. The fourth-order valence-electron chi connectivity index (χ4n) is 3.47. The molecule has 1 heterocycles. The van der Waals surface area contributed by atoms with Crippen molar-refractivity contribution in [2.45, 2.75) is 39.0 Å². The van der Waals surface area contributed by atoms with Crippen LogP contribution in [0.3, 0.4) is 0 Å². The Balaban J connectivity index is 1.86. The molecular formula is C19H24N+. The van der Waals surface area contributed by atoms with Gasteiger partial charge in [0.25, 0.3) is 0 Å². The summed E-state index contributed by atoms with van der Waals surface area (Å²) in [6.45, 7) is 2.18. The number of rotatable bonds is 3. The van der Waals surface area contributed by atoms with Gasteiger partial charge in [-0.3, -0.25) is 0 Å². The predicted molar refractivity (Wildman–Crippen MR) is 83.5 cm³/mol. The molecule has 1 saturated carbocycles. The Morgan fingerprint density at radius 3 is 2.50 bits per heavy atom. The highest BCUT2D eigenvalue weighted by Crippen LogP contribution is 2.28. The van der Waals surface area contributed by atoms with Crippen LogP contribution in [0.15, 0.2) is 42.6 Å². The van der Waals surface area contributed by atoms with Crippen molar-refractivity contribution in [3.63, 3.8) is 0 Å². The van der Waals surface area contributed by atoms with Crippen LogP contribution in [0.4, 0.5) is 0 Å². The first-order valence-electron chi connectivity index (χ1n) is 7.78. The highest BCUT2D eigenvalue weighted by molar-refractivity contribution is 5.60. The molecule has 0 saturated heterocycles. The van der Waals surface area contributed by atoms with Gasteiger partial charge in [0.05, 0.1) is 0 Å². The largest absolute Gasteiger partial charge is 0.212 e. The van der Waals surface area contributed by atoms with Crippen LogP contribution in [-0.4, -0.2) is 0 Å². The Labute approximate surface area is 122 Å². The second-order valence-corrected chi connectivity index (χ2v) is 6.20. The molecule has 104 valence electrons. The zero-order valence-corrected chi connectivity index (χ0v) is 12.6. The van der Waals surface area contributed by atoms with Crippen LogP contribution >= 0.6 is 0 Å². The maximum Gasteiger partial charge on any atom is 0.212 e. The number of benzene rings is 1. The molecule has 1 aliphatic rings. The summed E-state index contributed by atoms with van der Waals surface area (Å²) in [5.74, 6) is 0.916. The molecule has 1 aromatic carbocycles.